The van der Waals surface area contributed by atoms with Crippen molar-refractivity contribution in [2.24, 2.45) is 0 Å². The van der Waals surface area contributed by atoms with Gasteiger partial charge in [-0.05, 0) is 29.6 Å². The Kier molecular flexibility index (Phi) is 4.76. The van der Waals surface area contributed by atoms with E-state index in [4.69, 9.17) is 4.42 Å². The molecule has 0 radical (unpaired) electrons. The molecule has 0 spiro atoms. The van der Waals surface area contributed by atoms with Crippen LogP contribution in [0.4, 0.5) is 4.39 Å². The van der Waals surface area contributed by atoms with Gasteiger partial charge in [-0.3, -0.25) is 4.79 Å². The van der Waals surface area contributed by atoms with Crippen molar-refractivity contribution in [3.8, 4) is 11.5 Å². The molecule has 0 aliphatic heterocycles. The van der Waals surface area contributed by atoms with Crippen LogP contribution < -0.4 is 5.32 Å². The average Bonchev–Trinajstić information content (AvgIpc) is 3.40. The fourth-order valence-corrected chi connectivity index (χ4v) is 3.27. The van der Waals surface area contributed by atoms with E-state index < -0.39 is 11.9 Å². The second-order valence-corrected chi connectivity index (χ2v) is 6.66. The number of rotatable bonds is 5. The van der Waals surface area contributed by atoms with Crippen LogP contribution >= 0.6 is 11.3 Å². The molecular formula is C20H14FN3O2S. The van der Waals surface area contributed by atoms with E-state index in [1.807, 2.05) is 30.3 Å². The van der Waals surface area contributed by atoms with E-state index in [0.717, 1.165) is 5.56 Å². The number of hydrogen-bond donors (Lipinski definition) is 1. The third kappa shape index (κ3) is 3.63. The Morgan fingerprint density at radius 1 is 1.00 bits per heavy atom. The van der Waals surface area contributed by atoms with Gasteiger partial charge >= 0.3 is 0 Å². The molecule has 27 heavy (non-hydrogen) atoms. The van der Waals surface area contributed by atoms with Crippen molar-refractivity contribution in [1.82, 2.24) is 15.5 Å². The first kappa shape index (κ1) is 17.1. The summed E-state index contributed by atoms with van der Waals surface area (Å²) < 4.78 is 20.2. The molecule has 1 atom stereocenters. The molecule has 0 bridgehead atoms. The van der Waals surface area contributed by atoms with Crippen molar-refractivity contribution in [2.75, 3.05) is 0 Å². The number of amides is 1. The number of benzene rings is 2. The lowest BCUT2D eigenvalue weighted by atomic mass is 10.1. The molecule has 2 heterocycles. The number of carbonyl (C=O) groups is 1. The Morgan fingerprint density at radius 2 is 1.78 bits per heavy atom. The van der Waals surface area contributed by atoms with Gasteiger partial charge in [0.05, 0.1) is 4.88 Å². The molecule has 2 aromatic carbocycles. The number of halogens is 1. The van der Waals surface area contributed by atoms with Gasteiger partial charge in [-0.2, -0.15) is 0 Å². The second kappa shape index (κ2) is 7.51. The van der Waals surface area contributed by atoms with E-state index >= 15 is 0 Å². The maximum atomic E-state index is 14.4. The Bertz CT molecular complexity index is 1050. The zero-order chi connectivity index (χ0) is 18.6. The summed E-state index contributed by atoms with van der Waals surface area (Å²) in [6.07, 6.45) is 0. The fraction of sp³-hybridized carbons (Fsp3) is 0.0500. The van der Waals surface area contributed by atoms with Crippen LogP contribution in [0.3, 0.4) is 0 Å². The molecule has 1 amide bonds. The molecular weight excluding hydrogens is 365 g/mol. The predicted molar refractivity (Wildman–Crippen MR) is 99.8 cm³/mol. The molecule has 0 fully saturated rings. The van der Waals surface area contributed by atoms with Crippen molar-refractivity contribution < 1.29 is 13.6 Å². The van der Waals surface area contributed by atoms with Crippen LogP contribution in [0.2, 0.25) is 0 Å². The van der Waals surface area contributed by atoms with Crippen LogP contribution in [-0.2, 0) is 0 Å². The van der Waals surface area contributed by atoms with E-state index in [9.17, 15) is 9.18 Å². The summed E-state index contributed by atoms with van der Waals surface area (Å²) >= 11 is 1.30. The van der Waals surface area contributed by atoms with E-state index in [-0.39, 0.29) is 17.4 Å². The van der Waals surface area contributed by atoms with E-state index in [1.165, 1.54) is 17.4 Å². The van der Waals surface area contributed by atoms with Gasteiger partial charge in [0.2, 0.25) is 11.8 Å². The fourth-order valence-electron chi connectivity index (χ4n) is 2.64. The minimum Gasteiger partial charge on any atom is -0.418 e. The first-order chi connectivity index (χ1) is 13.2. The molecule has 2 aromatic heterocycles. The van der Waals surface area contributed by atoms with Gasteiger partial charge in [-0.1, -0.05) is 42.5 Å². The van der Waals surface area contributed by atoms with Gasteiger partial charge in [0.15, 0.2) is 0 Å². The summed E-state index contributed by atoms with van der Waals surface area (Å²) in [5, 5.41) is 12.7. The minimum atomic E-state index is -0.897. The smallest absolute Gasteiger partial charge is 0.262 e. The molecule has 5 nitrogen and oxygen atoms in total. The van der Waals surface area contributed by atoms with E-state index in [1.54, 1.807) is 35.7 Å². The Morgan fingerprint density at radius 3 is 2.52 bits per heavy atom. The van der Waals surface area contributed by atoms with E-state index in [2.05, 4.69) is 15.5 Å². The highest BCUT2D eigenvalue weighted by molar-refractivity contribution is 7.12. The number of nitrogens with one attached hydrogen (secondary N) is 1. The molecule has 4 rings (SSSR count). The predicted octanol–water partition coefficient (Wildman–Crippen LogP) is 4.46. The zero-order valence-corrected chi connectivity index (χ0v) is 14.8. The summed E-state index contributed by atoms with van der Waals surface area (Å²) in [6.45, 7) is 0. The highest BCUT2D eigenvalue weighted by Crippen LogP contribution is 2.27. The SMILES string of the molecule is O=C(NC(c1nnc(-c2ccccc2)o1)c1ccccc1F)c1cccs1. The topological polar surface area (TPSA) is 68.0 Å². The normalized spacial score (nSPS) is 11.9. The first-order valence-corrected chi connectivity index (χ1v) is 9.08. The van der Waals surface area contributed by atoms with Crippen LogP contribution in [0.25, 0.3) is 11.5 Å². The zero-order valence-electron chi connectivity index (χ0n) is 14.0. The number of carbonyl (C=O) groups excluding carboxylic acids is 1. The molecule has 0 saturated heterocycles. The molecule has 1 unspecified atom stereocenters. The summed E-state index contributed by atoms with van der Waals surface area (Å²) in [6, 6.07) is 18.0. The van der Waals surface area contributed by atoms with Crippen molar-refractivity contribution in [2.45, 2.75) is 6.04 Å². The molecule has 1 N–H and O–H groups in total. The van der Waals surface area contributed by atoms with Crippen LogP contribution in [0.15, 0.2) is 76.5 Å². The largest absolute Gasteiger partial charge is 0.418 e. The number of thiophene rings is 1. The number of hydrogen-bond acceptors (Lipinski definition) is 5. The van der Waals surface area contributed by atoms with Crippen molar-refractivity contribution >= 4 is 17.2 Å². The number of aromatic nitrogens is 2. The van der Waals surface area contributed by atoms with E-state index in [0.29, 0.717) is 10.8 Å². The Labute approximate surface area is 158 Å². The molecule has 0 saturated carbocycles. The summed E-state index contributed by atoms with van der Waals surface area (Å²) in [7, 11) is 0. The second-order valence-electron chi connectivity index (χ2n) is 5.72. The van der Waals surface area contributed by atoms with Crippen molar-refractivity contribution in [1.29, 1.82) is 0 Å². The average molecular weight is 379 g/mol. The lowest BCUT2D eigenvalue weighted by Gasteiger charge is -2.16. The standard InChI is InChI=1S/C20H14FN3O2S/c21-15-10-5-4-9-14(15)17(22-18(25)16-11-6-12-27-16)20-24-23-19(26-20)13-7-2-1-3-8-13/h1-12,17H,(H,22,25). The molecule has 7 heteroatoms. The van der Waals surface area contributed by atoms with Crippen LogP contribution in [0.1, 0.15) is 27.2 Å². The monoisotopic (exact) mass is 379 g/mol. The Balaban J connectivity index is 1.71. The van der Waals surface area contributed by atoms with Gasteiger partial charge in [0.25, 0.3) is 5.91 Å². The third-order valence-electron chi connectivity index (χ3n) is 3.94. The maximum absolute atomic E-state index is 14.4. The number of nitrogens with zero attached hydrogens (tertiary/aromatic N) is 2. The van der Waals surface area contributed by atoms with Gasteiger partial charge in [0, 0.05) is 11.1 Å². The highest BCUT2D eigenvalue weighted by Gasteiger charge is 2.26. The van der Waals surface area contributed by atoms with Crippen LogP contribution in [0, 0.1) is 5.82 Å². The summed E-state index contributed by atoms with van der Waals surface area (Å²) in [5.41, 5.74) is 0.999. The molecule has 0 aliphatic rings. The van der Waals surface area contributed by atoms with Crippen LogP contribution in [-0.4, -0.2) is 16.1 Å². The third-order valence-corrected chi connectivity index (χ3v) is 4.81. The lowest BCUT2D eigenvalue weighted by Crippen LogP contribution is -2.29. The van der Waals surface area contributed by atoms with Crippen molar-refractivity contribution in [3.05, 3.63) is 94.3 Å². The van der Waals surface area contributed by atoms with Gasteiger partial charge < -0.3 is 9.73 Å². The quantitative estimate of drug-likeness (QED) is 0.556. The van der Waals surface area contributed by atoms with Gasteiger partial charge in [-0.15, -0.1) is 21.5 Å². The molecule has 0 aliphatic carbocycles. The summed E-state index contributed by atoms with van der Waals surface area (Å²) in [5.74, 6) is -0.382. The minimum absolute atomic E-state index is 0.115. The van der Waals surface area contributed by atoms with Gasteiger partial charge in [0.1, 0.15) is 11.9 Å². The maximum Gasteiger partial charge on any atom is 0.262 e. The summed E-state index contributed by atoms with van der Waals surface area (Å²) in [4.78, 5) is 13.1. The van der Waals surface area contributed by atoms with Crippen molar-refractivity contribution in [3.63, 3.8) is 0 Å². The lowest BCUT2D eigenvalue weighted by molar-refractivity contribution is 0.0941. The highest BCUT2D eigenvalue weighted by atomic mass is 32.1. The molecule has 134 valence electrons. The van der Waals surface area contributed by atoms with Gasteiger partial charge in [-0.25, -0.2) is 4.39 Å². The first-order valence-electron chi connectivity index (χ1n) is 8.20. The molecule has 4 aromatic rings. The Hall–Kier alpha value is -3.32. The van der Waals surface area contributed by atoms with Crippen LogP contribution in [0.5, 0.6) is 0 Å².